The van der Waals surface area contributed by atoms with E-state index in [0.29, 0.717) is 6.67 Å². The summed E-state index contributed by atoms with van der Waals surface area (Å²) in [5.74, 6) is 2.41. The molecule has 0 unspecified atom stereocenters. The van der Waals surface area contributed by atoms with Crippen LogP contribution in [0.25, 0.3) is 27.6 Å². The molecule has 3 heterocycles. The van der Waals surface area contributed by atoms with Crippen LogP contribution in [0.3, 0.4) is 0 Å². The maximum absolute atomic E-state index is 6.89. The highest BCUT2D eigenvalue weighted by Crippen LogP contribution is 2.45. The fourth-order valence-electron chi connectivity index (χ4n) is 10.3. The topological polar surface area (TPSA) is 33.5 Å². The van der Waals surface area contributed by atoms with Gasteiger partial charge in [0, 0.05) is 40.5 Å². The lowest BCUT2D eigenvalue weighted by molar-refractivity contribution is 0.483. The summed E-state index contributed by atoms with van der Waals surface area (Å²) in [5.41, 5.74) is 9.29. The number of pyridine rings is 1. The molecular formula is C62H56N4OSi. The molecule has 10 aromatic rings. The van der Waals surface area contributed by atoms with Gasteiger partial charge in [-0.25, -0.2) is 4.98 Å². The van der Waals surface area contributed by atoms with Gasteiger partial charge in [-0.3, -0.25) is 4.57 Å². The second kappa shape index (κ2) is 16.9. The number of para-hydroxylation sites is 2. The van der Waals surface area contributed by atoms with Crippen LogP contribution >= 0.6 is 0 Å². The maximum Gasteiger partial charge on any atom is 0.179 e. The van der Waals surface area contributed by atoms with Crippen LogP contribution in [0.5, 0.6) is 11.5 Å². The van der Waals surface area contributed by atoms with E-state index in [1.54, 1.807) is 0 Å². The Labute approximate surface area is 401 Å². The molecule has 6 heteroatoms. The minimum Gasteiger partial charge on any atom is -0.457 e. The number of ether oxygens (including phenoxy) is 1. The normalized spacial score (nSPS) is 13.0. The molecule has 2 aromatic heterocycles. The van der Waals surface area contributed by atoms with Gasteiger partial charge in [0.1, 0.15) is 24.0 Å². The largest absolute Gasteiger partial charge is 0.457 e. The second-order valence-electron chi connectivity index (χ2n) is 20.1. The molecule has 0 radical (unpaired) electrons. The maximum atomic E-state index is 6.89. The van der Waals surface area contributed by atoms with Crippen LogP contribution in [0.1, 0.15) is 52.7 Å². The Balaban J connectivity index is 1.04. The number of hydrogen-bond acceptors (Lipinski definition) is 4. The van der Waals surface area contributed by atoms with Crippen LogP contribution in [-0.2, 0) is 10.8 Å². The molecule has 0 N–H and O–H groups in total. The zero-order valence-electron chi connectivity index (χ0n) is 39.7. The van der Waals surface area contributed by atoms with E-state index in [0.717, 1.165) is 39.4 Å². The van der Waals surface area contributed by atoms with E-state index in [4.69, 9.17) is 9.72 Å². The lowest BCUT2D eigenvalue weighted by Crippen LogP contribution is -2.74. The number of aromatic nitrogens is 2. The molecule has 0 saturated heterocycles. The summed E-state index contributed by atoms with van der Waals surface area (Å²) in [5, 5.41) is 7.69. The van der Waals surface area contributed by atoms with Gasteiger partial charge in [0.05, 0.1) is 22.4 Å². The average molecular weight is 901 g/mol. The van der Waals surface area contributed by atoms with Gasteiger partial charge in [-0.05, 0) is 109 Å². The monoisotopic (exact) mass is 900 g/mol. The Morgan fingerprint density at radius 1 is 0.426 bits per heavy atom. The summed E-state index contributed by atoms with van der Waals surface area (Å²) in [6.45, 7) is 14.3. The second-order valence-corrected chi connectivity index (χ2v) is 23.9. The third kappa shape index (κ3) is 7.55. The van der Waals surface area contributed by atoms with Crippen molar-refractivity contribution in [2.45, 2.75) is 52.4 Å². The zero-order valence-corrected chi connectivity index (χ0v) is 40.7. The van der Waals surface area contributed by atoms with Gasteiger partial charge in [0.25, 0.3) is 0 Å². The average Bonchev–Trinajstić information content (AvgIpc) is 3.91. The number of anilines is 4. The summed E-state index contributed by atoms with van der Waals surface area (Å²) in [7, 11) is -2.80. The van der Waals surface area contributed by atoms with Gasteiger partial charge in [-0.1, -0.05) is 175 Å². The van der Waals surface area contributed by atoms with Crippen LogP contribution in [0.15, 0.2) is 219 Å². The molecule has 8 aromatic carbocycles. The van der Waals surface area contributed by atoms with Crippen molar-refractivity contribution in [2.24, 2.45) is 0 Å². The molecule has 0 saturated carbocycles. The first kappa shape index (κ1) is 42.9. The predicted molar refractivity (Wildman–Crippen MR) is 288 cm³/mol. The van der Waals surface area contributed by atoms with Crippen LogP contribution < -0.4 is 35.3 Å². The Bertz CT molecular complexity index is 3350. The van der Waals surface area contributed by atoms with Crippen LogP contribution in [-0.4, -0.2) is 24.3 Å². The van der Waals surface area contributed by atoms with Crippen LogP contribution in [0.2, 0.25) is 0 Å². The van der Waals surface area contributed by atoms with Crippen molar-refractivity contribution in [3.8, 4) is 17.3 Å². The van der Waals surface area contributed by atoms with E-state index >= 15 is 0 Å². The van der Waals surface area contributed by atoms with Crippen molar-refractivity contribution in [2.75, 3.05) is 16.5 Å². The third-order valence-electron chi connectivity index (χ3n) is 13.8. The highest BCUT2D eigenvalue weighted by atomic mass is 28.3. The molecule has 0 aliphatic carbocycles. The van der Waals surface area contributed by atoms with Crippen molar-refractivity contribution >= 4 is 73.4 Å². The fourth-order valence-corrected chi connectivity index (χ4v) is 15.0. The molecule has 0 amide bonds. The van der Waals surface area contributed by atoms with Crippen molar-refractivity contribution in [1.29, 1.82) is 0 Å². The smallest absolute Gasteiger partial charge is 0.179 e. The lowest BCUT2D eigenvalue weighted by Gasteiger charge is -2.34. The van der Waals surface area contributed by atoms with Gasteiger partial charge in [-0.15, -0.1) is 0 Å². The summed E-state index contributed by atoms with van der Waals surface area (Å²) in [6.07, 6.45) is 1.95. The van der Waals surface area contributed by atoms with Crippen molar-refractivity contribution in [3.05, 3.63) is 230 Å². The van der Waals surface area contributed by atoms with E-state index in [2.05, 4.69) is 268 Å². The molecule has 0 atom stereocenters. The summed E-state index contributed by atoms with van der Waals surface area (Å²) >= 11 is 0. The van der Waals surface area contributed by atoms with Crippen LogP contribution in [0, 0.1) is 0 Å². The summed E-state index contributed by atoms with van der Waals surface area (Å²) in [4.78, 5) is 9.85. The van der Waals surface area contributed by atoms with Crippen molar-refractivity contribution in [3.63, 3.8) is 0 Å². The fraction of sp³-hybridized carbons (Fsp3) is 0.145. The standard InChI is InChI=1S/C62H56N4OSi/c1-61(2,3)44-20-18-21-46(38-44)64-43-65(58-31-17-16-30-57(58)64)47-22-19-23-48(40-47)67-49-32-34-54-55-42-53(33-35-56(55)66(59(54)41-49)60-39-45(36-37-63-60)62(4,5)6)68(50-24-10-7-11-25-50,51-26-12-8-13-27-51)52-28-14-9-15-29-52/h7-42H,43H2,1-6H3. The van der Waals surface area contributed by atoms with E-state index in [1.165, 1.54) is 54.3 Å². The number of benzene rings is 8. The van der Waals surface area contributed by atoms with E-state index < -0.39 is 8.07 Å². The third-order valence-corrected chi connectivity index (χ3v) is 18.5. The Hall–Kier alpha value is -7.67. The van der Waals surface area contributed by atoms with Gasteiger partial charge in [0.2, 0.25) is 0 Å². The molecule has 68 heavy (non-hydrogen) atoms. The predicted octanol–water partition coefficient (Wildman–Crippen LogP) is 13.2. The highest BCUT2D eigenvalue weighted by Gasteiger charge is 2.41. The number of fused-ring (bicyclic) bond motifs is 4. The van der Waals surface area contributed by atoms with E-state index in [1.807, 2.05) is 6.20 Å². The van der Waals surface area contributed by atoms with Crippen molar-refractivity contribution < 1.29 is 4.74 Å². The number of hydrogen-bond donors (Lipinski definition) is 0. The van der Waals surface area contributed by atoms with Crippen molar-refractivity contribution in [1.82, 2.24) is 9.55 Å². The van der Waals surface area contributed by atoms with Crippen LogP contribution in [0.4, 0.5) is 22.7 Å². The zero-order chi connectivity index (χ0) is 46.6. The first-order chi connectivity index (χ1) is 33.0. The van der Waals surface area contributed by atoms with Gasteiger partial charge >= 0.3 is 0 Å². The SMILES string of the molecule is CC(C)(C)c1cccc(N2CN(c3cccc(Oc4ccc5c6cc([Si](c7ccccc7)(c7ccccc7)c7ccccc7)ccc6n(-c6cc(C(C)(C)C)ccn6)c5c4)c3)c3ccccc32)c1. The molecule has 334 valence electrons. The van der Waals surface area contributed by atoms with E-state index in [-0.39, 0.29) is 10.8 Å². The summed E-state index contributed by atoms with van der Waals surface area (Å²) < 4.78 is 9.22. The molecular weight excluding hydrogens is 845 g/mol. The quantitative estimate of drug-likeness (QED) is 0.107. The Kier molecular flexibility index (Phi) is 10.7. The molecule has 0 spiro atoms. The molecule has 5 nitrogen and oxygen atoms in total. The molecule has 0 bridgehead atoms. The van der Waals surface area contributed by atoms with Gasteiger partial charge in [-0.2, -0.15) is 0 Å². The molecule has 1 aliphatic rings. The van der Waals surface area contributed by atoms with Gasteiger partial charge in [0.15, 0.2) is 8.07 Å². The number of nitrogens with zero attached hydrogens (tertiary/aromatic N) is 4. The first-order valence-corrected chi connectivity index (χ1v) is 25.7. The Morgan fingerprint density at radius 2 is 0.971 bits per heavy atom. The lowest BCUT2D eigenvalue weighted by atomic mass is 9.87. The number of rotatable bonds is 9. The van der Waals surface area contributed by atoms with Gasteiger partial charge < -0.3 is 14.5 Å². The molecule has 0 fully saturated rings. The highest BCUT2D eigenvalue weighted by molar-refractivity contribution is 7.20. The summed E-state index contributed by atoms with van der Waals surface area (Å²) in [6, 6.07) is 77.7. The Morgan fingerprint density at radius 3 is 1.57 bits per heavy atom. The minimum atomic E-state index is -2.80. The first-order valence-electron chi connectivity index (χ1n) is 23.7. The molecule has 11 rings (SSSR count). The minimum absolute atomic E-state index is 0.0501. The van der Waals surface area contributed by atoms with E-state index in [9.17, 15) is 0 Å². The molecule has 1 aliphatic heterocycles.